The smallest absolute Gasteiger partial charge is 0.146 e. The Labute approximate surface area is 75.2 Å². The molecule has 1 aromatic carbocycles. The highest BCUT2D eigenvalue weighted by molar-refractivity contribution is 6.33. The summed E-state index contributed by atoms with van der Waals surface area (Å²) in [6.07, 6.45) is 0. The third kappa shape index (κ3) is 1.86. The van der Waals surface area contributed by atoms with Crippen molar-refractivity contribution in [2.45, 2.75) is 5.38 Å². The standard InChI is InChI=1S/C8H5Cl2N/c9-7-4-2-1-3-6(7)8(10)5-11/h1-4,8H/t8-/m1/s1. The second kappa shape index (κ2) is 3.61. The molecular formula is C8H5Cl2N. The van der Waals surface area contributed by atoms with Crippen LogP contribution in [-0.4, -0.2) is 0 Å². The van der Waals surface area contributed by atoms with E-state index in [0.717, 1.165) is 0 Å². The molecule has 0 heterocycles. The van der Waals surface area contributed by atoms with E-state index in [9.17, 15) is 0 Å². The first kappa shape index (κ1) is 8.39. The van der Waals surface area contributed by atoms with Gasteiger partial charge in [-0.3, -0.25) is 0 Å². The molecule has 0 amide bonds. The van der Waals surface area contributed by atoms with Gasteiger partial charge in [-0.25, -0.2) is 0 Å². The summed E-state index contributed by atoms with van der Waals surface area (Å²) < 4.78 is 0. The van der Waals surface area contributed by atoms with Gasteiger partial charge in [0.1, 0.15) is 5.38 Å². The van der Waals surface area contributed by atoms with Crippen LogP contribution in [0.15, 0.2) is 24.3 Å². The molecule has 0 aliphatic heterocycles. The summed E-state index contributed by atoms with van der Waals surface area (Å²) in [7, 11) is 0. The van der Waals surface area contributed by atoms with Gasteiger partial charge in [-0.2, -0.15) is 5.26 Å². The van der Waals surface area contributed by atoms with Crippen molar-refractivity contribution in [3.05, 3.63) is 34.9 Å². The maximum Gasteiger partial charge on any atom is 0.146 e. The fourth-order valence-electron chi connectivity index (χ4n) is 0.750. The Kier molecular flexibility index (Phi) is 2.76. The number of halogens is 2. The minimum absolute atomic E-state index is 0.536. The van der Waals surface area contributed by atoms with Crippen molar-refractivity contribution in [1.29, 1.82) is 5.26 Å². The van der Waals surface area contributed by atoms with E-state index in [0.29, 0.717) is 10.6 Å². The van der Waals surface area contributed by atoms with Crippen LogP contribution in [-0.2, 0) is 0 Å². The lowest BCUT2D eigenvalue weighted by molar-refractivity contribution is 1.21. The van der Waals surface area contributed by atoms with E-state index in [2.05, 4.69) is 0 Å². The molecule has 0 spiro atoms. The van der Waals surface area contributed by atoms with Gasteiger partial charge in [0.25, 0.3) is 0 Å². The summed E-state index contributed by atoms with van der Waals surface area (Å²) in [6.45, 7) is 0. The van der Waals surface area contributed by atoms with Crippen molar-refractivity contribution in [3.8, 4) is 6.07 Å². The molecule has 0 N–H and O–H groups in total. The Bertz CT molecular complexity index is 290. The lowest BCUT2D eigenvalue weighted by Gasteiger charge is -2.01. The Hall–Kier alpha value is -0.710. The summed E-state index contributed by atoms with van der Waals surface area (Å²) in [6, 6.07) is 8.95. The van der Waals surface area contributed by atoms with E-state index in [1.807, 2.05) is 6.07 Å². The second-order valence-electron chi connectivity index (χ2n) is 2.01. The van der Waals surface area contributed by atoms with Gasteiger partial charge in [0, 0.05) is 10.6 Å². The van der Waals surface area contributed by atoms with Gasteiger partial charge >= 0.3 is 0 Å². The van der Waals surface area contributed by atoms with Crippen LogP contribution in [0.5, 0.6) is 0 Å². The van der Waals surface area contributed by atoms with Crippen molar-refractivity contribution < 1.29 is 0 Å². The molecule has 0 saturated heterocycles. The highest BCUT2D eigenvalue weighted by Gasteiger charge is 2.08. The molecule has 0 saturated carbocycles. The molecule has 0 aliphatic rings. The number of hydrogen-bond donors (Lipinski definition) is 0. The van der Waals surface area contributed by atoms with Gasteiger partial charge in [-0.1, -0.05) is 29.8 Å². The van der Waals surface area contributed by atoms with E-state index >= 15 is 0 Å². The van der Waals surface area contributed by atoms with Gasteiger partial charge in [0.05, 0.1) is 6.07 Å². The first-order valence-corrected chi connectivity index (χ1v) is 3.85. The maximum absolute atomic E-state index is 8.47. The van der Waals surface area contributed by atoms with Crippen molar-refractivity contribution in [3.63, 3.8) is 0 Å². The number of benzene rings is 1. The number of rotatable bonds is 1. The average molecular weight is 186 g/mol. The van der Waals surface area contributed by atoms with Crippen molar-refractivity contribution in [1.82, 2.24) is 0 Å². The van der Waals surface area contributed by atoms with Gasteiger partial charge in [-0.15, -0.1) is 11.6 Å². The van der Waals surface area contributed by atoms with Crippen molar-refractivity contribution >= 4 is 23.2 Å². The molecular weight excluding hydrogens is 181 g/mol. The highest BCUT2D eigenvalue weighted by Crippen LogP contribution is 2.26. The Balaban J connectivity index is 3.05. The maximum atomic E-state index is 8.47. The lowest BCUT2D eigenvalue weighted by atomic mass is 10.2. The average Bonchev–Trinajstić information content (AvgIpc) is 2.04. The fourth-order valence-corrected chi connectivity index (χ4v) is 1.24. The monoisotopic (exact) mass is 185 g/mol. The molecule has 1 aromatic rings. The molecule has 0 fully saturated rings. The lowest BCUT2D eigenvalue weighted by Crippen LogP contribution is -1.86. The number of hydrogen-bond acceptors (Lipinski definition) is 1. The SMILES string of the molecule is N#C[C@@H](Cl)c1ccccc1Cl. The molecule has 1 atom stereocenters. The Morgan fingerprint density at radius 1 is 1.36 bits per heavy atom. The minimum atomic E-state index is -0.649. The summed E-state index contributed by atoms with van der Waals surface area (Å²) in [5.41, 5.74) is 0.665. The number of nitrogens with zero attached hydrogens (tertiary/aromatic N) is 1. The van der Waals surface area contributed by atoms with Gasteiger partial charge in [0.15, 0.2) is 0 Å². The quantitative estimate of drug-likeness (QED) is 0.618. The Morgan fingerprint density at radius 3 is 2.55 bits per heavy atom. The van der Waals surface area contributed by atoms with E-state index in [4.69, 9.17) is 28.5 Å². The van der Waals surface area contributed by atoms with Crippen molar-refractivity contribution in [2.75, 3.05) is 0 Å². The fraction of sp³-hybridized carbons (Fsp3) is 0.125. The zero-order valence-electron chi connectivity index (χ0n) is 5.59. The first-order chi connectivity index (χ1) is 5.25. The normalized spacial score (nSPS) is 12.1. The molecule has 0 bridgehead atoms. The van der Waals surface area contributed by atoms with Crippen LogP contribution in [0.3, 0.4) is 0 Å². The number of alkyl halides is 1. The summed E-state index contributed by atoms with van der Waals surface area (Å²) in [5.74, 6) is 0. The third-order valence-corrected chi connectivity index (χ3v) is 1.97. The van der Waals surface area contributed by atoms with E-state index in [1.165, 1.54) is 0 Å². The van der Waals surface area contributed by atoms with Crippen LogP contribution < -0.4 is 0 Å². The zero-order valence-corrected chi connectivity index (χ0v) is 7.10. The number of nitriles is 1. The third-order valence-electron chi connectivity index (χ3n) is 1.29. The molecule has 1 rings (SSSR count). The van der Waals surface area contributed by atoms with Crippen LogP contribution in [0.2, 0.25) is 5.02 Å². The Morgan fingerprint density at radius 2 is 2.00 bits per heavy atom. The van der Waals surface area contributed by atoms with E-state index in [-0.39, 0.29) is 0 Å². The van der Waals surface area contributed by atoms with E-state index < -0.39 is 5.38 Å². The molecule has 3 heteroatoms. The summed E-state index contributed by atoms with van der Waals surface area (Å²) in [5, 5.41) is 8.36. The topological polar surface area (TPSA) is 23.8 Å². The van der Waals surface area contributed by atoms with Crippen LogP contribution in [0, 0.1) is 11.3 Å². The van der Waals surface area contributed by atoms with Crippen LogP contribution in [0.25, 0.3) is 0 Å². The molecule has 0 aliphatic carbocycles. The molecule has 56 valence electrons. The van der Waals surface area contributed by atoms with Crippen molar-refractivity contribution in [2.24, 2.45) is 0 Å². The molecule has 1 nitrogen and oxygen atoms in total. The van der Waals surface area contributed by atoms with Gasteiger partial charge < -0.3 is 0 Å². The minimum Gasteiger partial charge on any atom is -0.196 e. The van der Waals surface area contributed by atoms with Gasteiger partial charge in [0.2, 0.25) is 0 Å². The molecule has 0 aromatic heterocycles. The first-order valence-electron chi connectivity index (χ1n) is 3.04. The van der Waals surface area contributed by atoms with Gasteiger partial charge in [-0.05, 0) is 6.07 Å². The summed E-state index contributed by atoms with van der Waals surface area (Å²) >= 11 is 11.4. The predicted octanol–water partition coefficient (Wildman–Crippen LogP) is 3.14. The molecule has 11 heavy (non-hydrogen) atoms. The predicted molar refractivity (Wildman–Crippen MR) is 45.7 cm³/mol. The zero-order chi connectivity index (χ0) is 8.27. The van der Waals surface area contributed by atoms with E-state index in [1.54, 1.807) is 24.3 Å². The second-order valence-corrected chi connectivity index (χ2v) is 2.86. The molecule has 0 radical (unpaired) electrons. The van der Waals surface area contributed by atoms with Crippen LogP contribution in [0.4, 0.5) is 0 Å². The van der Waals surface area contributed by atoms with Crippen LogP contribution in [0.1, 0.15) is 10.9 Å². The largest absolute Gasteiger partial charge is 0.196 e. The van der Waals surface area contributed by atoms with Crippen LogP contribution >= 0.6 is 23.2 Å². The summed E-state index contributed by atoms with van der Waals surface area (Å²) in [4.78, 5) is 0. The highest BCUT2D eigenvalue weighted by atomic mass is 35.5. The molecule has 0 unspecified atom stereocenters.